The van der Waals surface area contributed by atoms with E-state index < -0.39 is 0 Å². The number of esters is 1. The molecule has 0 aromatic heterocycles. The minimum absolute atomic E-state index is 0.250. The van der Waals surface area contributed by atoms with Crippen molar-refractivity contribution in [1.82, 2.24) is 0 Å². The van der Waals surface area contributed by atoms with Gasteiger partial charge in [-0.05, 0) is 36.4 Å². The van der Waals surface area contributed by atoms with Gasteiger partial charge in [-0.2, -0.15) is 0 Å². The van der Waals surface area contributed by atoms with Gasteiger partial charge in [0.25, 0.3) is 0 Å². The van der Waals surface area contributed by atoms with E-state index in [1.807, 2.05) is 30.3 Å². The third kappa shape index (κ3) is 4.34. The smallest absolute Gasteiger partial charge is 0.338 e. The molecule has 2 aromatic carbocycles. The maximum Gasteiger partial charge on any atom is 0.338 e. The summed E-state index contributed by atoms with van der Waals surface area (Å²) in [6, 6.07) is 15.9. The van der Waals surface area contributed by atoms with Crippen molar-refractivity contribution in [3.8, 4) is 5.75 Å². The van der Waals surface area contributed by atoms with Crippen LogP contribution >= 0.6 is 11.8 Å². The normalized spacial score (nSPS) is 10.1. The molecule has 0 radical (unpaired) electrons. The van der Waals surface area contributed by atoms with Crippen LogP contribution in [0.4, 0.5) is 0 Å². The number of hydrogen-bond donors (Lipinski definition) is 1. The lowest BCUT2D eigenvalue weighted by atomic mass is 10.2. The quantitative estimate of drug-likeness (QED) is 0.516. The van der Waals surface area contributed by atoms with Crippen LogP contribution in [0.3, 0.4) is 0 Å². The van der Waals surface area contributed by atoms with Gasteiger partial charge in [0.1, 0.15) is 12.4 Å². The molecule has 0 atom stereocenters. The largest absolute Gasteiger partial charge is 0.508 e. The Kier molecular flexibility index (Phi) is 4.86. The molecule has 0 bridgehead atoms. The lowest BCUT2D eigenvalue weighted by Gasteiger charge is -2.05. The maximum absolute atomic E-state index is 11.6. The Morgan fingerprint density at radius 2 is 1.74 bits per heavy atom. The fourth-order valence-electron chi connectivity index (χ4n) is 1.49. The number of hydrogen-bond acceptors (Lipinski definition) is 4. The highest BCUT2D eigenvalue weighted by molar-refractivity contribution is 7.99. The van der Waals surface area contributed by atoms with E-state index in [-0.39, 0.29) is 11.7 Å². The van der Waals surface area contributed by atoms with Gasteiger partial charge in [0.05, 0.1) is 5.56 Å². The molecule has 0 aliphatic carbocycles. The zero-order valence-electron chi connectivity index (χ0n) is 10.3. The van der Waals surface area contributed by atoms with Crippen molar-refractivity contribution in [1.29, 1.82) is 0 Å². The molecule has 0 amide bonds. The first kappa shape index (κ1) is 13.5. The lowest BCUT2D eigenvalue weighted by molar-refractivity contribution is 0.0530. The Morgan fingerprint density at radius 1 is 1.05 bits per heavy atom. The zero-order chi connectivity index (χ0) is 13.5. The SMILES string of the molecule is O=C(OCCSc1ccc(O)cc1)c1ccccc1. The molecule has 0 aliphatic rings. The third-order valence-corrected chi connectivity index (χ3v) is 3.41. The van der Waals surface area contributed by atoms with Gasteiger partial charge in [-0.1, -0.05) is 18.2 Å². The van der Waals surface area contributed by atoms with E-state index >= 15 is 0 Å². The first-order valence-corrected chi connectivity index (χ1v) is 6.88. The van der Waals surface area contributed by atoms with Crippen LogP contribution in [0.25, 0.3) is 0 Å². The summed E-state index contributed by atoms with van der Waals surface area (Å²) in [4.78, 5) is 12.7. The molecule has 0 spiro atoms. The molecule has 0 saturated heterocycles. The Labute approximate surface area is 116 Å². The summed E-state index contributed by atoms with van der Waals surface area (Å²) in [5.41, 5.74) is 0.567. The Balaban J connectivity index is 1.72. The van der Waals surface area contributed by atoms with Gasteiger partial charge in [0, 0.05) is 10.6 Å². The minimum Gasteiger partial charge on any atom is -0.508 e. The minimum atomic E-state index is -0.299. The number of benzene rings is 2. The van der Waals surface area contributed by atoms with Gasteiger partial charge >= 0.3 is 5.97 Å². The maximum atomic E-state index is 11.6. The van der Waals surface area contributed by atoms with E-state index in [1.54, 1.807) is 36.0 Å². The number of phenols is 1. The van der Waals surface area contributed by atoms with Crippen LogP contribution in [-0.4, -0.2) is 23.4 Å². The summed E-state index contributed by atoms with van der Waals surface area (Å²) < 4.78 is 5.16. The molecular formula is C15H14O3S. The van der Waals surface area contributed by atoms with Gasteiger partial charge in [0.15, 0.2) is 0 Å². The van der Waals surface area contributed by atoms with Crippen molar-refractivity contribution in [2.45, 2.75) is 4.90 Å². The number of aromatic hydroxyl groups is 1. The second-order valence-corrected chi connectivity index (χ2v) is 5.01. The Hall–Kier alpha value is -1.94. The second-order valence-electron chi connectivity index (χ2n) is 3.84. The molecule has 3 nitrogen and oxygen atoms in total. The van der Waals surface area contributed by atoms with Crippen molar-refractivity contribution < 1.29 is 14.6 Å². The van der Waals surface area contributed by atoms with Crippen LogP contribution in [0, 0.1) is 0 Å². The molecule has 0 heterocycles. The van der Waals surface area contributed by atoms with Crippen molar-refractivity contribution in [2.24, 2.45) is 0 Å². The van der Waals surface area contributed by atoms with Gasteiger partial charge in [-0.3, -0.25) is 0 Å². The third-order valence-electron chi connectivity index (χ3n) is 2.43. The summed E-state index contributed by atoms with van der Waals surface area (Å²) in [7, 11) is 0. The average molecular weight is 274 g/mol. The molecule has 0 saturated carbocycles. The fourth-order valence-corrected chi connectivity index (χ4v) is 2.22. The van der Waals surface area contributed by atoms with E-state index in [2.05, 4.69) is 0 Å². The predicted molar refractivity (Wildman–Crippen MR) is 75.6 cm³/mol. The molecule has 19 heavy (non-hydrogen) atoms. The number of carbonyl (C=O) groups excluding carboxylic acids is 1. The first-order chi connectivity index (χ1) is 9.25. The molecule has 0 aliphatic heterocycles. The van der Waals surface area contributed by atoms with Crippen LogP contribution in [0.15, 0.2) is 59.5 Å². The lowest BCUT2D eigenvalue weighted by Crippen LogP contribution is -2.07. The van der Waals surface area contributed by atoms with Crippen LogP contribution in [0.5, 0.6) is 5.75 Å². The van der Waals surface area contributed by atoms with E-state index in [0.717, 1.165) is 4.90 Å². The highest BCUT2D eigenvalue weighted by atomic mass is 32.2. The fraction of sp³-hybridized carbons (Fsp3) is 0.133. The summed E-state index contributed by atoms with van der Waals surface area (Å²) in [5, 5.41) is 9.15. The molecule has 0 unspecified atom stereocenters. The summed E-state index contributed by atoms with van der Waals surface area (Å²) in [6.07, 6.45) is 0. The topological polar surface area (TPSA) is 46.5 Å². The highest BCUT2D eigenvalue weighted by Crippen LogP contribution is 2.20. The van der Waals surface area contributed by atoms with E-state index in [1.165, 1.54) is 0 Å². The Bertz CT molecular complexity index is 523. The Morgan fingerprint density at radius 3 is 2.42 bits per heavy atom. The van der Waals surface area contributed by atoms with E-state index in [4.69, 9.17) is 9.84 Å². The van der Waals surface area contributed by atoms with Crippen LogP contribution < -0.4 is 0 Å². The monoisotopic (exact) mass is 274 g/mol. The summed E-state index contributed by atoms with van der Waals surface area (Å²) in [5.74, 6) is 0.635. The molecule has 98 valence electrons. The van der Waals surface area contributed by atoms with Crippen molar-refractivity contribution >= 4 is 17.7 Å². The molecule has 1 N–H and O–H groups in total. The van der Waals surface area contributed by atoms with Gasteiger partial charge in [0.2, 0.25) is 0 Å². The predicted octanol–water partition coefficient (Wildman–Crippen LogP) is 3.34. The van der Waals surface area contributed by atoms with Gasteiger partial charge < -0.3 is 9.84 Å². The van der Waals surface area contributed by atoms with E-state index in [0.29, 0.717) is 17.9 Å². The molecule has 4 heteroatoms. The molecular weight excluding hydrogens is 260 g/mol. The second kappa shape index (κ2) is 6.85. The van der Waals surface area contributed by atoms with Crippen molar-refractivity contribution in [3.63, 3.8) is 0 Å². The highest BCUT2D eigenvalue weighted by Gasteiger charge is 2.05. The van der Waals surface area contributed by atoms with Crippen molar-refractivity contribution in [2.75, 3.05) is 12.4 Å². The first-order valence-electron chi connectivity index (χ1n) is 5.90. The van der Waals surface area contributed by atoms with E-state index in [9.17, 15) is 4.79 Å². The van der Waals surface area contributed by atoms with Crippen LogP contribution in [0.1, 0.15) is 10.4 Å². The van der Waals surface area contributed by atoms with Gasteiger partial charge in [-0.15, -0.1) is 11.8 Å². The number of phenolic OH excluding ortho intramolecular Hbond substituents is 1. The molecule has 2 aromatic rings. The molecule has 2 rings (SSSR count). The van der Waals surface area contributed by atoms with Crippen LogP contribution in [-0.2, 0) is 4.74 Å². The standard InChI is InChI=1S/C15H14O3S/c16-13-6-8-14(9-7-13)19-11-10-18-15(17)12-4-2-1-3-5-12/h1-9,16H,10-11H2. The summed E-state index contributed by atoms with van der Waals surface area (Å²) >= 11 is 1.58. The average Bonchev–Trinajstić information content (AvgIpc) is 2.46. The number of carbonyl (C=O) groups is 1. The molecule has 0 fully saturated rings. The van der Waals surface area contributed by atoms with Crippen molar-refractivity contribution in [3.05, 3.63) is 60.2 Å². The number of rotatable bonds is 5. The number of ether oxygens (including phenoxy) is 1. The zero-order valence-corrected chi connectivity index (χ0v) is 11.1. The number of thioether (sulfide) groups is 1. The van der Waals surface area contributed by atoms with Crippen LogP contribution in [0.2, 0.25) is 0 Å². The van der Waals surface area contributed by atoms with Gasteiger partial charge in [-0.25, -0.2) is 4.79 Å². The summed E-state index contributed by atoms with van der Waals surface area (Å²) in [6.45, 7) is 0.360.